The zero-order valence-corrected chi connectivity index (χ0v) is 21.0. The van der Waals surface area contributed by atoms with Crippen LogP contribution in [0.25, 0.3) is 0 Å². The third-order valence-corrected chi connectivity index (χ3v) is 6.97. The van der Waals surface area contributed by atoms with E-state index >= 15 is 0 Å². The summed E-state index contributed by atoms with van der Waals surface area (Å²) in [6.07, 6.45) is -3.57. The standard InChI is InChI=1S/C22H24Cl2N4O2.C2HF3O2/c23-18-7-6-16(14-19(18)24)20(29)25-10-13-27-11-8-22(9-12-27)21(30)26-15-28(22)17-4-2-1-3-5-17;3-2(4,5)1(6)7/h1-7,14H,8-13,15H2,(H,25,29)(H,26,30);(H,6,7). The fourth-order valence-electron chi connectivity index (χ4n) is 4.25. The molecular weight excluding hydrogens is 536 g/mol. The molecule has 0 unspecified atom stereocenters. The van der Waals surface area contributed by atoms with E-state index in [0.29, 0.717) is 28.8 Å². The third kappa shape index (κ3) is 7.06. The van der Waals surface area contributed by atoms with E-state index in [2.05, 4.69) is 20.4 Å². The van der Waals surface area contributed by atoms with Crippen molar-refractivity contribution in [3.05, 3.63) is 64.1 Å². The van der Waals surface area contributed by atoms with Crippen LogP contribution < -0.4 is 15.5 Å². The average molecular weight is 561 g/mol. The van der Waals surface area contributed by atoms with Crippen molar-refractivity contribution in [2.24, 2.45) is 0 Å². The molecule has 2 fully saturated rings. The summed E-state index contributed by atoms with van der Waals surface area (Å²) in [5, 5.41) is 13.9. The molecule has 2 amide bonds. The highest BCUT2D eigenvalue weighted by atomic mass is 35.5. The van der Waals surface area contributed by atoms with Crippen LogP contribution in [0.1, 0.15) is 23.2 Å². The number of carbonyl (C=O) groups is 3. The lowest BCUT2D eigenvalue weighted by Crippen LogP contribution is -2.57. The van der Waals surface area contributed by atoms with Crippen LogP contribution in [-0.2, 0) is 9.59 Å². The first-order valence-electron chi connectivity index (χ1n) is 11.3. The van der Waals surface area contributed by atoms with Crippen molar-refractivity contribution >= 4 is 46.7 Å². The van der Waals surface area contributed by atoms with Crippen LogP contribution in [0.15, 0.2) is 48.5 Å². The first-order valence-corrected chi connectivity index (χ1v) is 12.1. The first-order chi connectivity index (χ1) is 17.4. The van der Waals surface area contributed by atoms with Gasteiger partial charge in [-0.3, -0.25) is 9.59 Å². The Morgan fingerprint density at radius 1 is 1.05 bits per heavy atom. The highest BCUT2D eigenvalue weighted by Gasteiger charge is 2.50. The summed E-state index contributed by atoms with van der Waals surface area (Å²) in [6.45, 7) is 3.41. The fourth-order valence-corrected chi connectivity index (χ4v) is 4.54. The second-order valence-electron chi connectivity index (χ2n) is 8.49. The predicted octanol–water partition coefficient (Wildman–Crippen LogP) is 3.79. The number of likely N-dealkylation sites (tertiary alicyclic amines) is 1. The van der Waals surface area contributed by atoms with Crippen LogP contribution in [0, 0.1) is 0 Å². The summed E-state index contributed by atoms with van der Waals surface area (Å²) in [6, 6.07) is 14.9. The van der Waals surface area contributed by atoms with Gasteiger partial charge in [0.25, 0.3) is 5.91 Å². The Balaban J connectivity index is 0.000000479. The van der Waals surface area contributed by atoms with Crippen LogP contribution in [0.5, 0.6) is 0 Å². The van der Waals surface area contributed by atoms with Crippen molar-refractivity contribution in [1.82, 2.24) is 15.5 Å². The molecule has 0 bridgehead atoms. The maximum absolute atomic E-state index is 12.7. The molecule has 2 heterocycles. The second kappa shape index (κ2) is 12.0. The quantitative estimate of drug-likeness (QED) is 0.514. The number of halogens is 5. The third-order valence-electron chi connectivity index (χ3n) is 6.23. The van der Waals surface area contributed by atoms with Gasteiger partial charge in [-0.1, -0.05) is 41.4 Å². The van der Waals surface area contributed by atoms with Crippen molar-refractivity contribution in [1.29, 1.82) is 0 Å². The average Bonchev–Trinajstić information content (AvgIpc) is 3.17. The Kier molecular flexibility index (Phi) is 9.27. The Hall–Kier alpha value is -3.02. The number of rotatable bonds is 5. The van der Waals surface area contributed by atoms with E-state index in [1.165, 1.54) is 0 Å². The number of alkyl halides is 3. The molecule has 37 heavy (non-hydrogen) atoms. The Morgan fingerprint density at radius 3 is 2.24 bits per heavy atom. The molecule has 1 spiro atoms. The summed E-state index contributed by atoms with van der Waals surface area (Å²) in [5.41, 5.74) is 1.07. The van der Waals surface area contributed by atoms with E-state index in [-0.39, 0.29) is 11.8 Å². The molecule has 2 aliphatic heterocycles. The summed E-state index contributed by atoms with van der Waals surface area (Å²) < 4.78 is 31.7. The topological polar surface area (TPSA) is 102 Å². The number of aliphatic carboxylic acids is 1. The molecule has 8 nitrogen and oxygen atoms in total. The Morgan fingerprint density at radius 2 is 1.68 bits per heavy atom. The van der Waals surface area contributed by atoms with Crippen molar-refractivity contribution < 1.29 is 32.7 Å². The molecule has 3 N–H and O–H groups in total. The molecule has 4 rings (SSSR count). The largest absolute Gasteiger partial charge is 0.490 e. The van der Waals surface area contributed by atoms with E-state index in [1.54, 1.807) is 18.2 Å². The Bertz CT molecular complexity index is 1130. The van der Waals surface area contributed by atoms with Crippen molar-refractivity contribution in [2.75, 3.05) is 37.7 Å². The van der Waals surface area contributed by atoms with Gasteiger partial charge in [0.05, 0.1) is 16.7 Å². The molecule has 2 aromatic carbocycles. The molecule has 0 atom stereocenters. The number of carboxylic acid groups (broad SMARTS) is 1. The lowest BCUT2D eigenvalue weighted by molar-refractivity contribution is -0.192. The smallest absolute Gasteiger partial charge is 0.475 e. The maximum atomic E-state index is 12.7. The highest BCUT2D eigenvalue weighted by Crippen LogP contribution is 2.36. The molecule has 0 radical (unpaired) electrons. The lowest BCUT2D eigenvalue weighted by atomic mass is 9.85. The Labute approximate surface area is 221 Å². The van der Waals surface area contributed by atoms with E-state index < -0.39 is 17.7 Å². The molecule has 200 valence electrons. The van der Waals surface area contributed by atoms with Crippen LogP contribution in [-0.4, -0.2) is 72.4 Å². The zero-order chi connectivity index (χ0) is 27.2. The van der Waals surface area contributed by atoms with E-state index in [0.717, 1.165) is 38.2 Å². The van der Waals surface area contributed by atoms with Gasteiger partial charge < -0.3 is 25.5 Å². The van der Waals surface area contributed by atoms with Crippen LogP contribution in [0.2, 0.25) is 10.0 Å². The fraction of sp³-hybridized carbons (Fsp3) is 0.375. The van der Waals surface area contributed by atoms with E-state index in [4.69, 9.17) is 33.1 Å². The second-order valence-corrected chi connectivity index (χ2v) is 9.30. The minimum Gasteiger partial charge on any atom is -0.475 e. The van der Waals surface area contributed by atoms with Crippen molar-refractivity contribution in [3.63, 3.8) is 0 Å². The van der Waals surface area contributed by atoms with Crippen molar-refractivity contribution in [3.8, 4) is 0 Å². The molecule has 0 aromatic heterocycles. The first kappa shape index (κ1) is 28.5. The van der Waals surface area contributed by atoms with Crippen LogP contribution >= 0.6 is 23.2 Å². The molecule has 2 aromatic rings. The molecule has 13 heteroatoms. The number of nitrogens with zero attached hydrogens (tertiary/aromatic N) is 2. The number of carboxylic acids is 1. The normalized spacial score (nSPS) is 17.1. The maximum Gasteiger partial charge on any atom is 0.490 e. The molecule has 0 saturated carbocycles. The summed E-state index contributed by atoms with van der Waals surface area (Å²) in [7, 11) is 0. The van der Waals surface area contributed by atoms with E-state index in [1.807, 2.05) is 30.3 Å². The van der Waals surface area contributed by atoms with Gasteiger partial charge in [-0.2, -0.15) is 13.2 Å². The van der Waals surface area contributed by atoms with Gasteiger partial charge in [0, 0.05) is 37.4 Å². The van der Waals surface area contributed by atoms with Gasteiger partial charge in [0.1, 0.15) is 5.54 Å². The molecule has 0 aliphatic carbocycles. The van der Waals surface area contributed by atoms with Crippen LogP contribution in [0.3, 0.4) is 0 Å². The molecular formula is C24H25Cl2F3N4O4. The van der Waals surface area contributed by atoms with Crippen LogP contribution in [0.4, 0.5) is 18.9 Å². The lowest BCUT2D eigenvalue weighted by Gasteiger charge is -2.43. The monoisotopic (exact) mass is 560 g/mol. The number of para-hydroxylation sites is 1. The van der Waals surface area contributed by atoms with Gasteiger partial charge >= 0.3 is 12.1 Å². The minimum absolute atomic E-state index is 0.110. The zero-order valence-electron chi connectivity index (χ0n) is 19.5. The van der Waals surface area contributed by atoms with Gasteiger partial charge in [-0.25, -0.2) is 4.79 Å². The number of hydrogen-bond acceptors (Lipinski definition) is 5. The van der Waals surface area contributed by atoms with Crippen molar-refractivity contribution in [2.45, 2.75) is 24.6 Å². The predicted molar refractivity (Wildman–Crippen MR) is 133 cm³/mol. The number of carbonyl (C=O) groups excluding carboxylic acids is 2. The summed E-state index contributed by atoms with van der Waals surface area (Å²) in [5.74, 6) is -2.82. The number of hydrogen-bond donors (Lipinski definition) is 3. The van der Waals surface area contributed by atoms with Gasteiger partial charge in [-0.05, 0) is 43.2 Å². The molecule has 2 saturated heterocycles. The molecule has 2 aliphatic rings. The highest BCUT2D eigenvalue weighted by molar-refractivity contribution is 6.42. The number of benzene rings is 2. The number of nitrogens with one attached hydrogen (secondary N) is 2. The van der Waals surface area contributed by atoms with Gasteiger partial charge in [0.2, 0.25) is 5.91 Å². The number of anilines is 1. The number of piperidine rings is 1. The van der Waals surface area contributed by atoms with Gasteiger partial charge in [-0.15, -0.1) is 0 Å². The SMILES string of the molecule is O=C(NCCN1CCC2(CC1)C(=O)NCN2c1ccccc1)c1ccc(Cl)c(Cl)c1.O=C(O)C(F)(F)F. The summed E-state index contributed by atoms with van der Waals surface area (Å²) in [4.78, 5) is 38.4. The van der Waals surface area contributed by atoms with Gasteiger partial charge in [0.15, 0.2) is 0 Å². The van der Waals surface area contributed by atoms with E-state index in [9.17, 15) is 22.8 Å². The minimum atomic E-state index is -5.08. The summed E-state index contributed by atoms with van der Waals surface area (Å²) >= 11 is 11.9. The number of amides is 2.